The van der Waals surface area contributed by atoms with Crippen LogP contribution in [0.25, 0.3) is 11.4 Å². The van der Waals surface area contributed by atoms with Crippen LogP contribution < -0.4 is 14.9 Å². The van der Waals surface area contributed by atoms with Crippen LogP contribution in [0.4, 0.5) is 0 Å². The van der Waals surface area contributed by atoms with Gasteiger partial charge in [-0.2, -0.15) is 9.90 Å². The first kappa shape index (κ1) is 20.3. The molecule has 1 amide bonds. The van der Waals surface area contributed by atoms with Crippen LogP contribution in [0, 0.1) is 0 Å². The molecule has 2 aromatic carbocycles. The van der Waals surface area contributed by atoms with Crippen molar-refractivity contribution < 1.29 is 14.3 Å². The van der Waals surface area contributed by atoms with Gasteiger partial charge in [0, 0.05) is 5.56 Å². The molecular weight excluding hydrogens is 396 g/mol. The van der Waals surface area contributed by atoms with Crippen molar-refractivity contribution in [3.05, 3.63) is 53.1 Å². The highest BCUT2D eigenvalue weighted by Crippen LogP contribution is 2.35. The number of nitrogens with zero attached hydrogens (tertiary/aromatic N) is 5. The van der Waals surface area contributed by atoms with Gasteiger partial charge in [-0.1, -0.05) is 41.9 Å². The molecule has 3 aromatic rings. The molecule has 0 bridgehead atoms. The lowest BCUT2D eigenvalue weighted by Gasteiger charge is -2.11. The first-order valence-corrected chi connectivity index (χ1v) is 9.14. The highest BCUT2D eigenvalue weighted by Gasteiger charge is 2.11. The molecule has 1 N–H and O–H groups in total. The van der Waals surface area contributed by atoms with Crippen LogP contribution >= 0.6 is 11.6 Å². The summed E-state index contributed by atoms with van der Waals surface area (Å²) in [6, 6.07) is 12.7. The monoisotopic (exact) mass is 414 g/mol. The number of tetrazole rings is 1. The first-order chi connectivity index (χ1) is 14.1. The predicted molar refractivity (Wildman–Crippen MR) is 108 cm³/mol. The largest absolute Gasteiger partial charge is 0.493 e. The molecule has 0 radical (unpaired) electrons. The van der Waals surface area contributed by atoms with Gasteiger partial charge in [0.25, 0.3) is 5.91 Å². The maximum absolute atomic E-state index is 12.1. The second-order valence-electron chi connectivity index (χ2n) is 5.77. The topological polar surface area (TPSA) is 104 Å². The van der Waals surface area contributed by atoms with E-state index >= 15 is 0 Å². The molecule has 0 atom stereocenters. The Labute approximate surface area is 172 Å². The third-order valence-corrected chi connectivity index (χ3v) is 3.99. The molecule has 0 saturated carbocycles. The van der Waals surface area contributed by atoms with E-state index in [0.717, 1.165) is 5.56 Å². The fourth-order valence-corrected chi connectivity index (χ4v) is 2.73. The van der Waals surface area contributed by atoms with Crippen LogP contribution in [-0.4, -0.2) is 46.0 Å². The third-order valence-electron chi connectivity index (χ3n) is 3.71. The van der Waals surface area contributed by atoms with Crippen LogP contribution in [0.1, 0.15) is 12.5 Å². The SMILES string of the molecule is CCOc1c(Cl)cc(/C=N/NC(=O)Cn2nnc(-c3ccccc3)n2)cc1OC. The zero-order chi connectivity index (χ0) is 20.6. The van der Waals surface area contributed by atoms with Crippen molar-refractivity contribution in [2.45, 2.75) is 13.5 Å². The number of nitrogens with one attached hydrogen (secondary N) is 1. The Morgan fingerprint density at radius 3 is 2.83 bits per heavy atom. The van der Waals surface area contributed by atoms with Crippen molar-refractivity contribution in [2.75, 3.05) is 13.7 Å². The number of benzene rings is 2. The van der Waals surface area contributed by atoms with E-state index in [2.05, 4.69) is 25.9 Å². The van der Waals surface area contributed by atoms with Crippen molar-refractivity contribution in [1.29, 1.82) is 0 Å². The van der Waals surface area contributed by atoms with Crippen LogP contribution in [0.15, 0.2) is 47.6 Å². The zero-order valence-electron chi connectivity index (χ0n) is 15.9. The Hall–Kier alpha value is -3.46. The first-order valence-electron chi connectivity index (χ1n) is 8.76. The van der Waals surface area contributed by atoms with Gasteiger partial charge < -0.3 is 9.47 Å². The van der Waals surface area contributed by atoms with E-state index in [1.807, 2.05) is 37.3 Å². The summed E-state index contributed by atoms with van der Waals surface area (Å²) in [6.07, 6.45) is 1.45. The number of hydrogen-bond donors (Lipinski definition) is 1. The van der Waals surface area contributed by atoms with Crippen LogP contribution in [0.5, 0.6) is 11.5 Å². The minimum Gasteiger partial charge on any atom is -0.493 e. The maximum Gasteiger partial charge on any atom is 0.263 e. The molecule has 0 aliphatic rings. The van der Waals surface area contributed by atoms with Gasteiger partial charge in [-0.25, -0.2) is 5.43 Å². The van der Waals surface area contributed by atoms with E-state index < -0.39 is 5.91 Å². The van der Waals surface area contributed by atoms with Gasteiger partial charge in [0.2, 0.25) is 5.82 Å². The van der Waals surface area contributed by atoms with Gasteiger partial charge in [-0.05, 0) is 29.8 Å². The molecule has 0 saturated heterocycles. The van der Waals surface area contributed by atoms with E-state index in [4.69, 9.17) is 21.1 Å². The summed E-state index contributed by atoms with van der Waals surface area (Å²) >= 11 is 6.21. The van der Waals surface area contributed by atoms with Gasteiger partial charge in [0.15, 0.2) is 11.5 Å². The number of amides is 1. The number of carbonyl (C=O) groups is 1. The zero-order valence-corrected chi connectivity index (χ0v) is 16.6. The summed E-state index contributed by atoms with van der Waals surface area (Å²) in [6.45, 7) is 2.19. The Kier molecular flexibility index (Phi) is 6.75. The normalized spacial score (nSPS) is 10.9. The lowest BCUT2D eigenvalue weighted by Crippen LogP contribution is -2.24. The Morgan fingerprint density at radius 2 is 2.10 bits per heavy atom. The smallest absolute Gasteiger partial charge is 0.263 e. The van der Waals surface area contributed by atoms with Crippen molar-refractivity contribution >= 4 is 23.7 Å². The summed E-state index contributed by atoms with van der Waals surface area (Å²) in [5.74, 6) is 0.983. The fraction of sp³-hybridized carbons (Fsp3) is 0.211. The van der Waals surface area contributed by atoms with E-state index in [1.165, 1.54) is 18.1 Å². The molecule has 1 aromatic heterocycles. The maximum atomic E-state index is 12.1. The predicted octanol–water partition coefficient (Wildman–Crippen LogP) is 2.55. The molecule has 0 aliphatic carbocycles. The summed E-state index contributed by atoms with van der Waals surface area (Å²) in [5, 5.41) is 16.3. The quantitative estimate of drug-likeness (QED) is 0.448. The molecule has 1 heterocycles. The van der Waals surface area contributed by atoms with E-state index in [1.54, 1.807) is 12.1 Å². The van der Waals surface area contributed by atoms with Gasteiger partial charge in [-0.15, -0.1) is 10.2 Å². The molecule has 9 nitrogen and oxygen atoms in total. The number of rotatable bonds is 8. The number of hydrazone groups is 1. The minimum absolute atomic E-state index is 0.121. The number of carbonyl (C=O) groups excluding carboxylic acids is 1. The molecule has 29 heavy (non-hydrogen) atoms. The number of halogens is 1. The standard InChI is InChI=1S/C19H19ClN6O3/c1-3-29-18-15(20)9-13(10-16(18)28-2)11-21-22-17(27)12-26-24-19(23-25-26)14-7-5-4-6-8-14/h4-11H,3,12H2,1-2H3,(H,22,27)/b21-11+. The number of methoxy groups -OCH3 is 1. The highest BCUT2D eigenvalue weighted by molar-refractivity contribution is 6.32. The molecule has 0 unspecified atom stereocenters. The molecule has 0 spiro atoms. The van der Waals surface area contributed by atoms with Gasteiger partial charge in [-0.3, -0.25) is 4.79 Å². The highest BCUT2D eigenvalue weighted by atomic mass is 35.5. The van der Waals surface area contributed by atoms with Crippen molar-refractivity contribution in [1.82, 2.24) is 25.6 Å². The summed E-state index contributed by atoms with van der Waals surface area (Å²) in [7, 11) is 1.52. The molecule has 0 fully saturated rings. The van der Waals surface area contributed by atoms with E-state index in [9.17, 15) is 4.79 Å². The van der Waals surface area contributed by atoms with Crippen molar-refractivity contribution in [2.24, 2.45) is 5.10 Å². The lowest BCUT2D eigenvalue weighted by molar-refractivity contribution is -0.122. The second kappa shape index (κ2) is 9.65. The van der Waals surface area contributed by atoms with Gasteiger partial charge in [0.05, 0.1) is 25.0 Å². The second-order valence-corrected chi connectivity index (χ2v) is 6.18. The van der Waals surface area contributed by atoms with Crippen LogP contribution in [0.3, 0.4) is 0 Å². The molecule has 0 aliphatic heterocycles. The Morgan fingerprint density at radius 1 is 1.31 bits per heavy atom. The molecule has 10 heteroatoms. The summed E-state index contributed by atoms with van der Waals surface area (Å²) < 4.78 is 10.7. The van der Waals surface area contributed by atoms with Crippen LogP contribution in [0.2, 0.25) is 5.02 Å². The minimum atomic E-state index is -0.401. The van der Waals surface area contributed by atoms with Crippen LogP contribution in [-0.2, 0) is 11.3 Å². The average Bonchev–Trinajstić information content (AvgIpc) is 3.19. The molecule has 150 valence electrons. The fourth-order valence-electron chi connectivity index (χ4n) is 2.45. The molecular formula is C19H19ClN6O3. The third kappa shape index (κ3) is 5.29. The van der Waals surface area contributed by atoms with E-state index in [-0.39, 0.29) is 6.54 Å². The Balaban J connectivity index is 1.60. The Bertz CT molecular complexity index is 1010. The number of ether oxygens (including phenoxy) is 2. The lowest BCUT2D eigenvalue weighted by atomic mass is 10.2. The number of hydrogen-bond acceptors (Lipinski definition) is 7. The average molecular weight is 415 g/mol. The number of aromatic nitrogens is 4. The summed E-state index contributed by atoms with van der Waals surface area (Å²) in [5.41, 5.74) is 3.87. The van der Waals surface area contributed by atoms with E-state index in [0.29, 0.717) is 34.5 Å². The van der Waals surface area contributed by atoms with Gasteiger partial charge >= 0.3 is 0 Å². The van der Waals surface area contributed by atoms with Gasteiger partial charge in [0.1, 0.15) is 6.54 Å². The van der Waals surface area contributed by atoms with Crippen molar-refractivity contribution in [3.8, 4) is 22.9 Å². The molecule has 3 rings (SSSR count). The summed E-state index contributed by atoms with van der Waals surface area (Å²) in [4.78, 5) is 13.3. The van der Waals surface area contributed by atoms with Crippen molar-refractivity contribution in [3.63, 3.8) is 0 Å².